The first-order chi connectivity index (χ1) is 9.85. The fraction of sp³-hybridized carbons (Fsp3) is 0.867. The van der Waals surface area contributed by atoms with Crippen LogP contribution in [0.3, 0.4) is 0 Å². The Labute approximate surface area is 128 Å². The largest absolute Gasteiger partial charge is 0.383 e. The minimum absolute atomic E-state index is 0.0956. The molecule has 0 bridgehead atoms. The Hall–Kier alpha value is -0.980. The van der Waals surface area contributed by atoms with Crippen LogP contribution in [-0.2, 0) is 17.8 Å². The smallest absolute Gasteiger partial charge is 0.0965 e. The van der Waals surface area contributed by atoms with Gasteiger partial charge < -0.3 is 10.1 Å². The highest BCUT2D eigenvalue weighted by Gasteiger charge is 2.13. The Morgan fingerprint density at radius 2 is 2.14 bits per heavy atom. The first-order valence-corrected chi connectivity index (χ1v) is 7.72. The zero-order valence-electron chi connectivity index (χ0n) is 14.4. The van der Waals surface area contributed by atoms with Gasteiger partial charge in [0.15, 0.2) is 0 Å². The fourth-order valence-corrected chi connectivity index (χ4v) is 2.15. The molecule has 1 N–H and O–H groups in total. The van der Waals surface area contributed by atoms with Gasteiger partial charge in [0.25, 0.3) is 0 Å². The van der Waals surface area contributed by atoms with Crippen molar-refractivity contribution in [3.05, 3.63) is 11.9 Å². The molecule has 0 aromatic carbocycles. The van der Waals surface area contributed by atoms with Crippen molar-refractivity contribution in [3.63, 3.8) is 0 Å². The first kappa shape index (κ1) is 18.1. The monoisotopic (exact) mass is 297 g/mol. The number of hydrogen-bond donors (Lipinski definition) is 1. The molecule has 0 fully saturated rings. The van der Waals surface area contributed by atoms with Crippen LogP contribution in [0.5, 0.6) is 0 Å². The van der Waals surface area contributed by atoms with Crippen LogP contribution in [0, 0.1) is 0 Å². The van der Waals surface area contributed by atoms with Crippen molar-refractivity contribution in [2.24, 2.45) is 0 Å². The van der Waals surface area contributed by atoms with Crippen LogP contribution in [-0.4, -0.2) is 58.3 Å². The quantitative estimate of drug-likeness (QED) is 0.749. The van der Waals surface area contributed by atoms with Gasteiger partial charge in [0.05, 0.1) is 18.8 Å². The summed E-state index contributed by atoms with van der Waals surface area (Å²) in [5, 5.41) is 11.8. The lowest BCUT2D eigenvalue weighted by Crippen LogP contribution is -2.38. The molecule has 0 saturated carbocycles. The SMILES string of the molecule is CCN(CCn1cc(CNC(C)(C)C)nn1)C(C)COC. The van der Waals surface area contributed by atoms with Gasteiger partial charge in [-0.15, -0.1) is 5.10 Å². The summed E-state index contributed by atoms with van der Waals surface area (Å²) in [5.41, 5.74) is 1.08. The number of rotatable bonds is 9. The van der Waals surface area contributed by atoms with Crippen molar-refractivity contribution in [3.8, 4) is 0 Å². The van der Waals surface area contributed by atoms with E-state index in [1.54, 1.807) is 7.11 Å². The fourth-order valence-electron chi connectivity index (χ4n) is 2.15. The highest BCUT2D eigenvalue weighted by Crippen LogP contribution is 2.03. The Kier molecular flexibility index (Phi) is 7.28. The number of hydrogen-bond acceptors (Lipinski definition) is 5. The second-order valence-corrected chi connectivity index (χ2v) is 6.51. The molecule has 1 unspecified atom stereocenters. The molecule has 1 aromatic heterocycles. The molecule has 6 nitrogen and oxygen atoms in total. The van der Waals surface area contributed by atoms with Gasteiger partial charge in [0.2, 0.25) is 0 Å². The molecule has 0 aliphatic heterocycles. The molecule has 1 aromatic rings. The number of nitrogens with zero attached hydrogens (tertiary/aromatic N) is 4. The third-order valence-corrected chi connectivity index (χ3v) is 3.44. The molecule has 0 radical (unpaired) electrons. The van der Waals surface area contributed by atoms with Crippen molar-refractivity contribution in [2.45, 2.75) is 59.3 Å². The summed E-state index contributed by atoms with van der Waals surface area (Å²) in [7, 11) is 1.75. The zero-order valence-corrected chi connectivity index (χ0v) is 14.4. The molecule has 0 aliphatic carbocycles. The number of methoxy groups -OCH3 is 1. The van der Waals surface area contributed by atoms with Gasteiger partial charge in [-0.1, -0.05) is 12.1 Å². The van der Waals surface area contributed by atoms with Crippen LogP contribution in [0.4, 0.5) is 0 Å². The van der Waals surface area contributed by atoms with Crippen LogP contribution in [0.15, 0.2) is 6.20 Å². The summed E-state index contributed by atoms with van der Waals surface area (Å²) >= 11 is 0. The van der Waals surface area contributed by atoms with Crippen molar-refractivity contribution >= 4 is 0 Å². The van der Waals surface area contributed by atoms with Crippen molar-refractivity contribution in [1.82, 2.24) is 25.2 Å². The molecule has 0 saturated heterocycles. The average Bonchev–Trinajstić information content (AvgIpc) is 2.85. The van der Waals surface area contributed by atoms with E-state index in [9.17, 15) is 0 Å². The number of ether oxygens (including phenoxy) is 1. The highest BCUT2D eigenvalue weighted by molar-refractivity contribution is 4.93. The van der Waals surface area contributed by atoms with E-state index < -0.39 is 0 Å². The van der Waals surface area contributed by atoms with Crippen LogP contribution in [0.1, 0.15) is 40.3 Å². The molecular formula is C15H31N5O. The zero-order chi connectivity index (χ0) is 15.9. The normalized spacial score (nSPS) is 13.9. The molecule has 0 amide bonds. The van der Waals surface area contributed by atoms with Gasteiger partial charge in [-0.2, -0.15) is 0 Å². The van der Waals surface area contributed by atoms with E-state index in [0.717, 1.165) is 38.5 Å². The van der Waals surface area contributed by atoms with E-state index >= 15 is 0 Å². The van der Waals surface area contributed by atoms with Crippen LogP contribution >= 0.6 is 0 Å². The van der Waals surface area contributed by atoms with Gasteiger partial charge in [0, 0.05) is 38.0 Å². The Balaban J connectivity index is 2.43. The summed E-state index contributed by atoms with van der Waals surface area (Å²) in [6, 6.07) is 0.422. The summed E-state index contributed by atoms with van der Waals surface area (Å²) in [5.74, 6) is 0. The van der Waals surface area contributed by atoms with Crippen molar-refractivity contribution in [2.75, 3.05) is 26.8 Å². The van der Waals surface area contributed by atoms with Crippen molar-refractivity contribution in [1.29, 1.82) is 0 Å². The molecule has 0 aliphatic rings. The van der Waals surface area contributed by atoms with Crippen LogP contribution in [0.2, 0.25) is 0 Å². The highest BCUT2D eigenvalue weighted by atomic mass is 16.5. The summed E-state index contributed by atoms with van der Waals surface area (Å²) in [6.07, 6.45) is 2.02. The van der Waals surface area contributed by atoms with E-state index in [-0.39, 0.29) is 5.54 Å². The molecule has 0 spiro atoms. The second-order valence-electron chi connectivity index (χ2n) is 6.51. The third-order valence-electron chi connectivity index (χ3n) is 3.44. The molecule has 6 heteroatoms. The summed E-state index contributed by atoms with van der Waals surface area (Å²) in [6.45, 7) is 15.1. The summed E-state index contributed by atoms with van der Waals surface area (Å²) in [4.78, 5) is 2.39. The van der Waals surface area contributed by atoms with Gasteiger partial charge in [-0.3, -0.25) is 9.58 Å². The maximum Gasteiger partial charge on any atom is 0.0965 e. The van der Waals surface area contributed by atoms with E-state index in [4.69, 9.17) is 4.74 Å². The standard InChI is InChI=1S/C15H31N5O/c1-7-19(13(2)12-21-6)8-9-20-11-14(17-18-20)10-16-15(3,4)5/h11,13,16H,7-10,12H2,1-6H3. The predicted molar refractivity (Wildman–Crippen MR) is 85.2 cm³/mol. The Morgan fingerprint density at radius 3 is 2.71 bits per heavy atom. The second kappa shape index (κ2) is 8.46. The number of aromatic nitrogens is 3. The molecule has 122 valence electrons. The van der Waals surface area contributed by atoms with Gasteiger partial charge in [-0.05, 0) is 34.2 Å². The first-order valence-electron chi connectivity index (χ1n) is 7.72. The Morgan fingerprint density at radius 1 is 1.43 bits per heavy atom. The molecule has 1 rings (SSSR count). The summed E-state index contributed by atoms with van der Waals surface area (Å²) < 4.78 is 7.14. The maximum atomic E-state index is 5.22. The lowest BCUT2D eigenvalue weighted by Gasteiger charge is -2.26. The van der Waals surface area contributed by atoms with Gasteiger partial charge in [0.1, 0.15) is 0 Å². The maximum absolute atomic E-state index is 5.22. The molecule has 21 heavy (non-hydrogen) atoms. The van der Waals surface area contributed by atoms with Crippen molar-refractivity contribution < 1.29 is 4.74 Å². The van der Waals surface area contributed by atoms with Crippen LogP contribution < -0.4 is 5.32 Å². The van der Waals surface area contributed by atoms with E-state index in [1.165, 1.54) is 0 Å². The molecular weight excluding hydrogens is 266 g/mol. The predicted octanol–water partition coefficient (Wildman–Crippen LogP) is 1.52. The molecule has 1 atom stereocenters. The van der Waals surface area contributed by atoms with E-state index in [2.05, 4.69) is 55.1 Å². The number of nitrogens with one attached hydrogen (secondary N) is 1. The lowest BCUT2D eigenvalue weighted by atomic mass is 10.1. The lowest BCUT2D eigenvalue weighted by molar-refractivity contribution is 0.0994. The van der Waals surface area contributed by atoms with E-state index in [0.29, 0.717) is 6.04 Å². The van der Waals surface area contributed by atoms with Gasteiger partial charge in [-0.25, -0.2) is 0 Å². The number of likely N-dealkylation sites (N-methyl/N-ethyl adjacent to an activating group) is 1. The third kappa shape index (κ3) is 7.02. The van der Waals surface area contributed by atoms with Gasteiger partial charge >= 0.3 is 0 Å². The minimum Gasteiger partial charge on any atom is -0.383 e. The minimum atomic E-state index is 0.0956. The molecule has 1 heterocycles. The topological polar surface area (TPSA) is 55.2 Å². The van der Waals surface area contributed by atoms with Crippen LogP contribution in [0.25, 0.3) is 0 Å². The Bertz CT molecular complexity index is 399. The average molecular weight is 297 g/mol. The van der Waals surface area contributed by atoms with E-state index in [1.807, 2.05) is 10.9 Å².